The first kappa shape index (κ1) is 13.5. The molecule has 1 heterocycles. The number of hydrogen-bond acceptors (Lipinski definition) is 2. The molecule has 1 aromatic heterocycles. The fourth-order valence-electron chi connectivity index (χ4n) is 1.59. The lowest BCUT2D eigenvalue weighted by atomic mass is 10.1. The van der Waals surface area contributed by atoms with Gasteiger partial charge in [0.15, 0.2) is 0 Å². The first-order valence-corrected chi connectivity index (χ1v) is 7.93. The Balaban J connectivity index is 2.11. The maximum Gasteiger partial charge on any atom is 0.0922 e. The summed E-state index contributed by atoms with van der Waals surface area (Å²) in [5.74, 6) is 0. The van der Waals surface area contributed by atoms with Gasteiger partial charge < -0.3 is 5.11 Å². The lowest BCUT2D eigenvalue weighted by molar-refractivity contribution is 0.182. The number of halogens is 2. The maximum atomic E-state index is 10.2. The molecule has 4 heteroatoms. The molecule has 17 heavy (non-hydrogen) atoms. The summed E-state index contributed by atoms with van der Waals surface area (Å²) < 4.78 is 2.30. The van der Waals surface area contributed by atoms with Crippen LogP contribution in [0.1, 0.15) is 21.4 Å². The van der Waals surface area contributed by atoms with Crippen LogP contribution in [0.3, 0.4) is 0 Å². The molecule has 0 saturated heterocycles. The number of aliphatic hydroxyl groups excluding tert-OH is 1. The lowest BCUT2D eigenvalue weighted by Crippen LogP contribution is -1.99. The maximum absolute atomic E-state index is 10.2. The van der Waals surface area contributed by atoms with E-state index in [1.54, 1.807) is 11.3 Å². The van der Waals surface area contributed by atoms with Crippen molar-refractivity contribution in [3.05, 3.63) is 53.7 Å². The monoisotopic (exact) mass is 422 g/mol. The third kappa shape index (κ3) is 3.53. The highest BCUT2D eigenvalue weighted by atomic mass is 127. The summed E-state index contributed by atoms with van der Waals surface area (Å²) in [5.41, 5.74) is 1.17. The van der Waals surface area contributed by atoms with Crippen molar-refractivity contribution in [2.24, 2.45) is 0 Å². The minimum absolute atomic E-state index is 0.412. The number of hydrogen-bond donors (Lipinski definition) is 1. The zero-order valence-corrected chi connectivity index (χ0v) is 13.8. The molecule has 0 aliphatic carbocycles. The molecule has 0 spiro atoms. The summed E-state index contributed by atoms with van der Waals surface area (Å²) in [5, 5.41) is 10.2. The Kier molecular flexibility index (Phi) is 4.63. The van der Waals surface area contributed by atoms with Gasteiger partial charge in [0, 0.05) is 24.2 Å². The average Bonchev–Trinajstić information content (AvgIpc) is 2.63. The van der Waals surface area contributed by atoms with Gasteiger partial charge in [0.25, 0.3) is 0 Å². The molecule has 1 N–H and O–H groups in total. The second-order valence-electron chi connectivity index (χ2n) is 3.90. The van der Waals surface area contributed by atoms with E-state index in [4.69, 9.17) is 0 Å². The van der Waals surface area contributed by atoms with Crippen LogP contribution in [0.15, 0.2) is 34.8 Å². The smallest absolute Gasteiger partial charge is 0.0922 e. The van der Waals surface area contributed by atoms with Crippen LogP contribution in [0.4, 0.5) is 0 Å². The quantitative estimate of drug-likeness (QED) is 0.710. The lowest BCUT2D eigenvalue weighted by Gasteiger charge is -2.08. The Bertz CT molecular complexity index is 487. The van der Waals surface area contributed by atoms with Crippen LogP contribution in [-0.4, -0.2) is 5.11 Å². The zero-order valence-electron chi connectivity index (χ0n) is 9.28. The first-order chi connectivity index (χ1) is 8.06. The van der Waals surface area contributed by atoms with Gasteiger partial charge in [0.1, 0.15) is 0 Å². The Morgan fingerprint density at radius 3 is 2.53 bits per heavy atom. The van der Waals surface area contributed by atoms with Gasteiger partial charge in [0.05, 0.1) is 6.10 Å². The molecule has 2 rings (SSSR count). The van der Waals surface area contributed by atoms with Crippen molar-refractivity contribution < 1.29 is 5.11 Å². The fourth-order valence-corrected chi connectivity index (χ4v) is 3.50. The fraction of sp³-hybridized carbons (Fsp3) is 0.231. The second kappa shape index (κ2) is 5.82. The molecule has 0 saturated carbocycles. The molecule has 1 aromatic carbocycles. The molecule has 0 bridgehead atoms. The summed E-state index contributed by atoms with van der Waals surface area (Å²) in [6.07, 6.45) is 0.258. The van der Waals surface area contributed by atoms with E-state index in [9.17, 15) is 5.11 Å². The summed E-state index contributed by atoms with van der Waals surface area (Å²) in [6, 6.07) is 10.3. The topological polar surface area (TPSA) is 20.2 Å². The van der Waals surface area contributed by atoms with Crippen LogP contribution in [0.5, 0.6) is 0 Å². The van der Waals surface area contributed by atoms with E-state index >= 15 is 0 Å². The van der Waals surface area contributed by atoms with Crippen LogP contribution >= 0.6 is 49.9 Å². The molecule has 1 atom stereocenters. The number of rotatable bonds is 3. The van der Waals surface area contributed by atoms with Crippen LogP contribution in [0, 0.1) is 10.5 Å². The van der Waals surface area contributed by atoms with E-state index in [2.05, 4.69) is 69.7 Å². The van der Waals surface area contributed by atoms with Gasteiger partial charge in [-0.25, -0.2) is 0 Å². The number of thiophene rings is 1. The van der Waals surface area contributed by atoms with Gasteiger partial charge in [0.2, 0.25) is 0 Å². The Hall–Kier alpha value is 0.0900. The summed E-state index contributed by atoms with van der Waals surface area (Å²) >= 11 is 7.41. The van der Waals surface area contributed by atoms with Crippen molar-refractivity contribution >= 4 is 49.9 Å². The second-order valence-corrected chi connectivity index (χ2v) is 7.29. The van der Waals surface area contributed by atoms with Gasteiger partial charge in [-0.1, -0.05) is 12.1 Å². The molecule has 90 valence electrons. The molecule has 0 amide bonds. The normalized spacial score (nSPS) is 12.7. The molecule has 0 radical (unpaired) electrons. The molecular weight excluding hydrogens is 411 g/mol. The highest BCUT2D eigenvalue weighted by Gasteiger charge is 2.12. The van der Waals surface area contributed by atoms with Gasteiger partial charge in [-0.15, -0.1) is 11.3 Å². The third-order valence-corrected chi connectivity index (χ3v) is 5.50. The van der Waals surface area contributed by atoms with E-state index in [1.165, 1.54) is 14.0 Å². The zero-order chi connectivity index (χ0) is 12.4. The molecule has 0 fully saturated rings. The van der Waals surface area contributed by atoms with Crippen molar-refractivity contribution in [3.63, 3.8) is 0 Å². The number of benzene rings is 1. The predicted octanol–water partition coefficient (Wildman–Crippen LogP) is 4.70. The van der Waals surface area contributed by atoms with Crippen molar-refractivity contribution in [2.75, 3.05) is 0 Å². The van der Waals surface area contributed by atoms with E-state index in [1.807, 2.05) is 6.07 Å². The minimum atomic E-state index is -0.412. The van der Waals surface area contributed by atoms with Gasteiger partial charge >= 0.3 is 0 Å². The SMILES string of the molecule is Cc1sc(C(O)Cc2ccc(I)cc2)cc1Br. The van der Waals surface area contributed by atoms with Crippen LogP contribution in [0.2, 0.25) is 0 Å². The van der Waals surface area contributed by atoms with Crippen LogP contribution < -0.4 is 0 Å². The summed E-state index contributed by atoms with van der Waals surface area (Å²) in [6.45, 7) is 2.05. The van der Waals surface area contributed by atoms with E-state index < -0.39 is 6.10 Å². The third-order valence-electron chi connectivity index (χ3n) is 2.55. The standard InChI is InChI=1S/C13H12BrIOS/c1-8-11(14)7-13(17-8)12(16)6-9-2-4-10(15)5-3-9/h2-5,7,12,16H,6H2,1H3. The molecule has 2 aromatic rings. The molecule has 1 nitrogen and oxygen atoms in total. The molecule has 1 unspecified atom stereocenters. The Morgan fingerprint density at radius 2 is 2.00 bits per heavy atom. The van der Waals surface area contributed by atoms with Crippen molar-refractivity contribution in [1.29, 1.82) is 0 Å². The molecule has 0 aliphatic rings. The molecule has 0 aliphatic heterocycles. The number of aliphatic hydroxyl groups is 1. The summed E-state index contributed by atoms with van der Waals surface area (Å²) in [4.78, 5) is 2.23. The van der Waals surface area contributed by atoms with Gasteiger partial charge in [-0.05, 0) is 69.2 Å². The van der Waals surface area contributed by atoms with E-state index in [0.29, 0.717) is 6.42 Å². The molecular formula is C13H12BrIOS. The van der Waals surface area contributed by atoms with Crippen LogP contribution in [-0.2, 0) is 6.42 Å². The van der Waals surface area contributed by atoms with Crippen molar-refractivity contribution in [2.45, 2.75) is 19.4 Å². The largest absolute Gasteiger partial charge is 0.387 e. The first-order valence-electron chi connectivity index (χ1n) is 5.24. The van der Waals surface area contributed by atoms with E-state index in [-0.39, 0.29) is 0 Å². The van der Waals surface area contributed by atoms with Crippen LogP contribution in [0.25, 0.3) is 0 Å². The Labute approximate surface area is 127 Å². The highest BCUT2D eigenvalue weighted by molar-refractivity contribution is 14.1. The van der Waals surface area contributed by atoms with Gasteiger partial charge in [-0.3, -0.25) is 0 Å². The number of aryl methyl sites for hydroxylation is 1. The average molecular weight is 423 g/mol. The van der Waals surface area contributed by atoms with Crippen molar-refractivity contribution in [1.82, 2.24) is 0 Å². The van der Waals surface area contributed by atoms with Gasteiger partial charge in [-0.2, -0.15) is 0 Å². The van der Waals surface area contributed by atoms with E-state index in [0.717, 1.165) is 9.35 Å². The highest BCUT2D eigenvalue weighted by Crippen LogP contribution is 2.32. The minimum Gasteiger partial charge on any atom is -0.387 e. The van der Waals surface area contributed by atoms with Crippen molar-refractivity contribution in [3.8, 4) is 0 Å². The summed E-state index contributed by atoms with van der Waals surface area (Å²) in [7, 11) is 0. The Morgan fingerprint density at radius 1 is 1.35 bits per heavy atom. The predicted molar refractivity (Wildman–Crippen MR) is 84.6 cm³/mol.